The second-order valence-electron chi connectivity index (χ2n) is 13.7. The lowest BCUT2D eigenvalue weighted by molar-refractivity contribution is 1.31. The summed E-state index contributed by atoms with van der Waals surface area (Å²) in [5.41, 5.74) is 11.6. The summed E-state index contributed by atoms with van der Waals surface area (Å²) < 4.78 is 2.68. The monoisotopic (exact) mass is 690 g/mol. The molecule has 9 aromatic carbocycles. The van der Waals surface area contributed by atoms with Crippen molar-refractivity contribution in [2.24, 2.45) is 0 Å². The fraction of sp³-hybridized carbons (Fsp3) is 0. The van der Waals surface area contributed by atoms with E-state index in [0.29, 0.717) is 0 Å². The molecule has 0 saturated carbocycles. The van der Waals surface area contributed by atoms with Crippen molar-refractivity contribution >= 4 is 74.9 Å². The van der Waals surface area contributed by atoms with Crippen molar-refractivity contribution in [3.05, 3.63) is 182 Å². The van der Waals surface area contributed by atoms with Crippen molar-refractivity contribution in [1.29, 1.82) is 0 Å². The number of fused-ring (bicyclic) bond motifs is 10. The van der Waals surface area contributed by atoms with Crippen LogP contribution >= 0.6 is 11.3 Å². The molecule has 2 heterocycles. The Kier molecular flexibility index (Phi) is 6.76. The molecule has 0 radical (unpaired) electrons. The Balaban J connectivity index is 0.985. The van der Waals surface area contributed by atoms with E-state index in [1.54, 1.807) is 12.4 Å². The van der Waals surface area contributed by atoms with Gasteiger partial charge in [-0.1, -0.05) is 152 Å². The van der Waals surface area contributed by atoms with Crippen molar-refractivity contribution in [2.75, 3.05) is 0 Å². The van der Waals surface area contributed by atoms with Gasteiger partial charge in [-0.3, -0.25) is 9.97 Å². The molecule has 0 amide bonds. The lowest BCUT2D eigenvalue weighted by Crippen LogP contribution is -1.89. The third-order valence-electron chi connectivity index (χ3n) is 10.8. The van der Waals surface area contributed by atoms with E-state index >= 15 is 0 Å². The fourth-order valence-corrected chi connectivity index (χ4v) is 9.53. The standard InChI is InChI=1S/C50H30N2S/c1-2-13-44-41(11-1)42-26-25-34(30-46(42)49-48(44)51-27-28-52-49)33-9-5-10-35(29-33)37-15-7-17-39-36(14-6-18-40(37)39)31-21-23-32(24-22-31)38-16-8-19-45-43-12-3-4-20-47(43)53-50(38)45/h1-30H. The molecule has 0 bridgehead atoms. The number of rotatable bonds is 4. The summed E-state index contributed by atoms with van der Waals surface area (Å²) in [7, 11) is 0. The van der Waals surface area contributed by atoms with Crippen LogP contribution in [0.4, 0.5) is 0 Å². The highest BCUT2D eigenvalue weighted by molar-refractivity contribution is 7.26. The summed E-state index contributed by atoms with van der Waals surface area (Å²) in [6.07, 6.45) is 3.58. The minimum absolute atomic E-state index is 0.936. The summed E-state index contributed by atoms with van der Waals surface area (Å²) in [5.74, 6) is 0. The van der Waals surface area contributed by atoms with Crippen LogP contribution in [-0.4, -0.2) is 9.97 Å². The minimum atomic E-state index is 0.936. The smallest absolute Gasteiger partial charge is 0.0971 e. The van der Waals surface area contributed by atoms with Gasteiger partial charge < -0.3 is 0 Å². The molecular formula is C50H30N2S. The molecule has 0 aliphatic rings. The molecular weight excluding hydrogens is 661 g/mol. The van der Waals surface area contributed by atoms with E-state index < -0.39 is 0 Å². The first-order valence-electron chi connectivity index (χ1n) is 18.0. The van der Waals surface area contributed by atoms with Crippen LogP contribution in [0, 0.1) is 0 Å². The Morgan fingerprint density at radius 2 is 0.811 bits per heavy atom. The normalized spacial score (nSPS) is 11.8. The van der Waals surface area contributed by atoms with Gasteiger partial charge >= 0.3 is 0 Å². The maximum Gasteiger partial charge on any atom is 0.0971 e. The van der Waals surface area contributed by atoms with Gasteiger partial charge in [0.1, 0.15) is 0 Å². The number of benzene rings is 9. The molecule has 0 N–H and O–H groups in total. The Labute approximate surface area is 310 Å². The van der Waals surface area contributed by atoms with Crippen LogP contribution < -0.4 is 0 Å². The molecule has 2 nitrogen and oxygen atoms in total. The summed E-state index contributed by atoms with van der Waals surface area (Å²) in [4.78, 5) is 9.55. The maximum atomic E-state index is 4.80. The Hall–Kier alpha value is -6.68. The third-order valence-corrected chi connectivity index (χ3v) is 12.0. The topological polar surface area (TPSA) is 25.8 Å². The lowest BCUT2D eigenvalue weighted by Gasteiger charge is -2.14. The number of thiophene rings is 1. The molecule has 11 rings (SSSR count). The lowest BCUT2D eigenvalue weighted by atomic mass is 9.90. The van der Waals surface area contributed by atoms with Crippen LogP contribution in [-0.2, 0) is 0 Å². The highest BCUT2D eigenvalue weighted by Gasteiger charge is 2.14. The van der Waals surface area contributed by atoms with E-state index in [2.05, 4.69) is 170 Å². The van der Waals surface area contributed by atoms with Crippen molar-refractivity contribution in [3.8, 4) is 44.5 Å². The van der Waals surface area contributed by atoms with E-state index in [1.165, 1.54) is 80.7 Å². The molecule has 3 heteroatoms. The molecule has 0 spiro atoms. The number of nitrogens with zero attached hydrogens (tertiary/aromatic N) is 2. The average molecular weight is 691 g/mol. The van der Waals surface area contributed by atoms with Crippen LogP contribution in [0.3, 0.4) is 0 Å². The third kappa shape index (κ3) is 4.78. The largest absolute Gasteiger partial charge is 0.252 e. The Morgan fingerprint density at radius 1 is 0.302 bits per heavy atom. The quantitative estimate of drug-likeness (QED) is 0.172. The van der Waals surface area contributed by atoms with Gasteiger partial charge in [-0.2, -0.15) is 0 Å². The first-order chi connectivity index (χ1) is 26.3. The number of aromatic nitrogens is 2. The van der Waals surface area contributed by atoms with Crippen molar-refractivity contribution < 1.29 is 0 Å². The maximum absolute atomic E-state index is 4.80. The van der Waals surface area contributed by atoms with Crippen LogP contribution in [0.25, 0.3) is 108 Å². The predicted molar refractivity (Wildman–Crippen MR) is 227 cm³/mol. The van der Waals surface area contributed by atoms with Crippen LogP contribution in [0.5, 0.6) is 0 Å². The van der Waals surface area contributed by atoms with E-state index in [4.69, 9.17) is 9.97 Å². The van der Waals surface area contributed by atoms with E-state index in [0.717, 1.165) is 27.4 Å². The summed E-state index contributed by atoms with van der Waals surface area (Å²) >= 11 is 1.88. The molecule has 246 valence electrons. The van der Waals surface area contributed by atoms with Gasteiger partial charge in [0.2, 0.25) is 0 Å². The van der Waals surface area contributed by atoms with Crippen LogP contribution in [0.2, 0.25) is 0 Å². The van der Waals surface area contributed by atoms with E-state index in [-0.39, 0.29) is 0 Å². The van der Waals surface area contributed by atoms with Gasteiger partial charge in [0.05, 0.1) is 11.0 Å². The number of hydrogen-bond acceptors (Lipinski definition) is 3. The van der Waals surface area contributed by atoms with Gasteiger partial charge in [0.25, 0.3) is 0 Å². The van der Waals surface area contributed by atoms with Gasteiger partial charge in [0.15, 0.2) is 0 Å². The fourth-order valence-electron chi connectivity index (χ4n) is 8.29. The average Bonchev–Trinajstić information content (AvgIpc) is 3.62. The van der Waals surface area contributed by atoms with Crippen LogP contribution in [0.15, 0.2) is 182 Å². The van der Waals surface area contributed by atoms with Gasteiger partial charge in [-0.15, -0.1) is 11.3 Å². The molecule has 0 unspecified atom stereocenters. The van der Waals surface area contributed by atoms with Crippen LogP contribution in [0.1, 0.15) is 0 Å². The van der Waals surface area contributed by atoms with Crippen molar-refractivity contribution in [3.63, 3.8) is 0 Å². The van der Waals surface area contributed by atoms with Crippen molar-refractivity contribution in [2.45, 2.75) is 0 Å². The minimum Gasteiger partial charge on any atom is -0.252 e. The molecule has 0 aliphatic carbocycles. The first-order valence-corrected chi connectivity index (χ1v) is 18.8. The molecule has 0 aliphatic heterocycles. The second-order valence-corrected chi connectivity index (χ2v) is 14.8. The first kappa shape index (κ1) is 30.0. The summed E-state index contributed by atoms with van der Waals surface area (Å²) in [5, 5.41) is 9.80. The predicted octanol–water partition coefficient (Wildman–Crippen LogP) is 14.1. The summed E-state index contributed by atoms with van der Waals surface area (Å²) in [6.45, 7) is 0. The van der Waals surface area contributed by atoms with Gasteiger partial charge in [-0.25, -0.2) is 0 Å². The zero-order valence-electron chi connectivity index (χ0n) is 28.6. The molecule has 2 aromatic heterocycles. The zero-order valence-corrected chi connectivity index (χ0v) is 29.4. The van der Waals surface area contributed by atoms with E-state index in [1.807, 2.05) is 11.3 Å². The van der Waals surface area contributed by atoms with Crippen molar-refractivity contribution in [1.82, 2.24) is 9.97 Å². The van der Waals surface area contributed by atoms with E-state index in [9.17, 15) is 0 Å². The Morgan fingerprint density at radius 3 is 1.58 bits per heavy atom. The highest BCUT2D eigenvalue weighted by Crippen LogP contribution is 2.42. The molecule has 0 atom stereocenters. The van der Waals surface area contributed by atoms with Gasteiger partial charge in [-0.05, 0) is 84.3 Å². The zero-order chi connectivity index (χ0) is 34.9. The highest BCUT2D eigenvalue weighted by atomic mass is 32.1. The SMILES string of the molecule is c1cc(-c2ccc3c4ccccc4c4nccnc4c3c2)cc(-c2cccc3c(-c4ccc(-c5cccc6c5sc5ccccc56)cc4)cccc23)c1. The Bertz CT molecular complexity index is 3190. The molecule has 0 fully saturated rings. The second kappa shape index (κ2) is 11.9. The molecule has 11 aromatic rings. The van der Waals surface area contributed by atoms with Gasteiger partial charge in [0, 0.05) is 43.3 Å². The number of hydrogen-bond donors (Lipinski definition) is 0. The molecule has 0 saturated heterocycles. The summed E-state index contributed by atoms with van der Waals surface area (Å²) in [6, 6.07) is 62.1. The molecule has 53 heavy (non-hydrogen) atoms.